The van der Waals surface area contributed by atoms with E-state index in [-0.39, 0.29) is 0 Å². The minimum absolute atomic E-state index is 0.639. The first-order valence-electron chi connectivity index (χ1n) is 5.61. The largest absolute Gasteiger partial charge is 0.360 e. The van der Waals surface area contributed by atoms with Gasteiger partial charge in [0, 0.05) is 12.6 Å². The van der Waals surface area contributed by atoms with Crippen LogP contribution in [0.15, 0.2) is 10.6 Å². The molecule has 0 saturated heterocycles. The van der Waals surface area contributed by atoms with Crippen molar-refractivity contribution in [3.05, 3.63) is 17.5 Å². The zero-order valence-corrected chi connectivity index (χ0v) is 9.99. The van der Waals surface area contributed by atoms with Gasteiger partial charge in [-0.15, -0.1) is 6.42 Å². The molecule has 1 rings (SSSR count). The molecule has 0 saturated carbocycles. The van der Waals surface area contributed by atoms with Gasteiger partial charge in [0.25, 0.3) is 0 Å². The molecule has 4 nitrogen and oxygen atoms in total. The average Bonchev–Trinajstić information content (AvgIpc) is 2.73. The van der Waals surface area contributed by atoms with Gasteiger partial charge in [0.15, 0.2) is 5.76 Å². The lowest BCUT2D eigenvalue weighted by atomic mass is 10.3. The molecule has 0 aromatic carbocycles. The molecule has 0 spiro atoms. The Labute approximate surface area is 97.0 Å². The minimum Gasteiger partial charge on any atom is -0.360 e. The molecule has 0 fully saturated rings. The lowest BCUT2D eigenvalue weighted by molar-refractivity contribution is 0.264. The van der Waals surface area contributed by atoms with E-state index in [1.165, 1.54) is 0 Å². The zero-order chi connectivity index (χ0) is 11.8. The van der Waals surface area contributed by atoms with Gasteiger partial charge < -0.3 is 9.84 Å². The van der Waals surface area contributed by atoms with Crippen molar-refractivity contribution >= 4 is 0 Å². The molecule has 0 bridgehead atoms. The Morgan fingerprint density at radius 3 is 3.00 bits per heavy atom. The molecular formula is C12H19N3O. The highest BCUT2D eigenvalue weighted by Gasteiger charge is 2.07. The van der Waals surface area contributed by atoms with Crippen LogP contribution in [-0.4, -0.2) is 29.7 Å². The third-order valence-electron chi connectivity index (χ3n) is 2.31. The number of hydrogen-bond donors (Lipinski definition) is 1. The zero-order valence-electron chi connectivity index (χ0n) is 9.99. The monoisotopic (exact) mass is 221 g/mol. The quantitative estimate of drug-likeness (QED) is 0.703. The number of aromatic nitrogens is 1. The van der Waals surface area contributed by atoms with Crippen LogP contribution in [-0.2, 0) is 13.1 Å². The van der Waals surface area contributed by atoms with Crippen molar-refractivity contribution in [3.8, 4) is 12.3 Å². The van der Waals surface area contributed by atoms with Gasteiger partial charge in [-0.2, -0.15) is 0 Å². The van der Waals surface area contributed by atoms with E-state index in [9.17, 15) is 0 Å². The van der Waals surface area contributed by atoms with E-state index in [0.717, 1.165) is 37.6 Å². The first-order valence-corrected chi connectivity index (χ1v) is 5.61. The Morgan fingerprint density at radius 1 is 1.56 bits per heavy atom. The van der Waals surface area contributed by atoms with Crippen LogP contribution in [0.5, 0.6) is 0 Å². The third-order valence-corrected chi connectivity index (χ3v) is 2.31. The normalized spacial score (nSPS) is 10.6. The molecule has 0 unspecified atom stereocenters. The minimum atomic E-state index is 0.639. The highest BCUT2D eigenvalue weighted by Crippen LogP contribution is 2.06. The summed E-state index contributed by atoms with van der Waals surface area (Å²) in [6.45, 7) is 8.09. The highest BCUT2D eigenvalue weighted by molar-refractivity contribution is 5.05. The van der Waals surface area contributed by atoms with Crippen LogP contribution in [0, 0.1) is 12.3 Å². The van der Waals surface area contributed by atoms with Crippen molar-refractivity contribution in [1.29, 1.82) is 0 Å². The van der Waals surface area contributed by atoms with Crippen molar-refractivity contribution in [2.24, 2.45) is 0 Å². The summed E-state index contributed by atoms with van der Waals surface area (Å²) in [5.74, 6) is 3.50. The van der Waals surface area contributed by atoms with Crippen molar-refractivity contribution < 1.29 is 4.52 Å². The summed E-state index contributed by atoms with van der Waals surface area (Å²) in [5.41, 5.74) is 0.939. The van der Waals surface area contributed by atoms with Crippen molar-refractivity contribution in [1.82, 2.24) is 15.4 Å². The second kappa shape index (κ2) is 7.04. The standard InChI is InChI=1S/C12H19N3O/c1-4-7-15(6-3)10-12-8-11(14-16-12)9-13-5-2/h1,8,13H,5-7,9-10H2,2-3H3. The summed E-state index contributed by atoms with van der Waals surface area (Å²) in [7, 11) is 0. The fourth-order valence-electron chi connectivity index (χ4n) is 1.40. The molecule has 1 aromatic rings. The van der Waals surface area contributed by atoms with E-state index in [0.29, 0.717) is 6.54 Å². The van der Waals surface area contributed by atoms with E-state index < -0.39 is 0 Å². The van der Waals surface area contributed by atoms with Crippen LogP contribution >= 0.6 is 0 Å². The predicted octanol–water partition coefficient (Wildman–Crippen LogP) is 1.24. The summed E-state index contributed by atoms with van der Waals surface area (Å²) in [5, 5.41) is 7.19. The van der Waals surface area contributed by atoms with Gasteiger partial charge >= 0.3 is 0 Å². The summed E-state index contributed by atoms with van der Waals surface area (Å²) in [4.78, 5) is 2.12. The number of hydrogen-bond acceptors (Lipinski definition) is 4. The molecule has 0 amide bonds. The summed E-state index contributed by atoms with van der Waals surface area (Å²) in [6, 6.07) is 1.97. The molecule has 1 N–H and O–H groups in total. The molecule has 0 aliphatic carbocycles. The molecule has 1 heterocycles. The Hall–Kier alpha value is -1.31. The summed E-state index contributed by atoms with van der Waals surface area (Å²) in [6.07, 6.45) is 5.28. The van der Waals surface area contributed by atoms with Crippen LogP contribution in [0.1, 0.15) is 25.3 Å². The second-order valence-corrected chi connectivity index (χ2v) is 3.57. The Balaban J connectivity index is 2.47. The van der Waals surface area contributed by atoms with Gasteiger partial charge in [-0.05, 0) is 13.1 Å². The number of nitrogens with one attached hydrogen (secondary N) is 1. The lowest BCUT2D eigenvalue weighted by Crippen LogP contribution is -2.22. The third kappa shape index (κ3) is 4.05. The topological polar surface area (TPSA) is 41.3 Å². The molecule has 0 aliphatic heterocycles. The van der Waals surface area contributed by atoms with E-state index in [1.807, 2.05) is 6.07 Å². The van der Waals surface area contributed by atoms with Gasteiger partial charge in [0.1, 0.15) is 0 Å². The molecule has 0 atom stereocenters. The first kappa shape index (κ1) is 12.8. The fraction of sp³-hybridized carbons (Fsp3) is 0.583. The Bertz CT molecular complexity index is 340. The van der Waals surface area contributed by atoms with Crippen LogP contribution in [0.2, 0.25) is 0 Å². The van der Waals surface area contributed by atoms with E-state index in [1.54, 1.807) is 0 Å². The van der Waals surface area contributed by atoms with Gasteiger partial charge in [-0.3, -0.25) is 4.90 Å². The van der Waals surface area contributed by atoms with Crippen molar-refractivity contribution in [2.45, 2.75) is 26.9 Å². The van der Waals surface area contributed by atoms with E-state index in [4.69, 9.17) is 10.9 Å². The summed E-state index contributed by atoms with van der Waals surface area (Å²) >= 11 is 0. The smallest absolute Gasteiger partial charge is 0.151 e. The Kier molecular flexibility index (Phi) is 5.62. The molecule has 16 heavy (non-hydrogen) atoms. The van der Waals surface area contributed by atoms with Gasteiger partial charge in [-0.1, -0.05) is 24.9 Å². The highest BCUT2D eigenvalue weighted by atomic mass is 16.5. The molecule has 1 aromatic heterocycles. The molecule has 0 radical (unpaired) electrons. The van der Waals surface area contributed by atoms with Crippen LogP contribution < -0.4 is 5.32 Å². The maximum atomic E-state index is 5.28. The number of nitrogens with zero attached hydrogens (tertiary/aromatic N) is 2. The molecular weight excluding hydrogens is 202 g/mol. The van der Waals surface area contributed by atoms with Gasteiger partial charge in [0.2, 0.25) is 0 Å². The van der Waals surface area contributed by atoms with Crippen molar-refractivity contribution in [3.63, 3.8) is 0 Å². The van der Waals surface area contributed by atoms with E-state index in [2.05, 4.69) is 35.1 Å². The predicted molar refractivity (Wildman–Crippen MR) is 63.7 cm³/mol. The average molecular weight is 221 g/mol. The SMILES string of the molecule is C#CCN(CC)Cc1cc(CNCC)no1. The maximum absolute atomic E-state index is 5.28. The fourth-order valence-corrected chi connectivity index (χ4v) is 1.40. The van der Waals surface area contributed by atoms with E-state index >= 15 is 0 Å². The Morgan fingerprint density at radius 2 is 2.38 bits per heavy atom. The number of rotatable bonds is 7. The molecule has 4 heteroatoms. The van der Waals surface area contributed by atoms with Crippen molar-refractivity contribution in [2.75, 3.05) is 19.6 Å². The van der Waals surface area contributed by atoms with Crippen LogP contribution in [0.4, 0.5) is 0 Å². The maximum Gasteiger partial charge on any atom is 0.151 e. The summed E-state index contributed by atoms with van der Waals surface area (Å²) < 4.78 is 5.24. The van der Waals surface area contributed by atoms with Crippen LogP contribution in [0.3, 0.4) is 0 Å². The van der Waals surface area contributed by atoms with Gasteiger partial charge in [-0.25, -0.2) is 0 Å². The molecule has 88 valence electrons. The van der Waals surface area contributed by atoms with Crippen LogP contribution in [0.25, 0.3) is 0 Å². The number of terminal acetylenes is 1. The first-order chi connectivity index (χ1) is 7.80. The molecule has 0 aliphatic rings. The second-order valence-electron chi connectivity index (χ2n) is 3.57. The lowest BCUT2D eigenvalue weighted by Gasteiger charge is -2.14. The van der Waals surface area contributed by atoms with Gasteiger partial charge in [0.05, 0.1) is 18.8 Å².